The van der Waals surface area contributed by atoms with E-state index in [-0.39, 0.29) is 25.1 Å². The topological polar surface area (TPSA) is 71.3 Å². The number of benzene rings is 1. The van der Waals surface area contributed by atoms with Crippen molar-refractivity contribution in [2.24, 2.45) is 0 Å². The highest BCUT2D eigenvalue weighted by Crippen LogP contribution is 2.26. The Kier molecular flexibility index (Phi) is 14.3. The van der Waals surface area contributed by atoms with E-state index in [9.17, 15) is 14.4 Å². The first kappa shape index (κ1) is 36.0. The molecule has 7 heteroatoms. The first-order chi connectivity index (χ1) is 21.4. The van der Waals surface area contributed by atoms with E-state index in [0.29, 0.717) is 29.8 Å². The molecule has 1 atom stereocenters. The van der Waals surface area contributed by atoms with Crippen molar-refractivity contribution in [1.82, 2.24) is 14.2 Å². The van der Waals surface area contributed by atoms with Crippen LogP contribution in [0.25, 0.3) is 5.52 Å². The predicted molar refractivity (Wildman–Crippen MR) is 183 cm³/mol. The summed E-state index contributed by atoms with van der Waals surface area (Å²) in [5.41, 5.74) is 4.92. The van der Waals surface area contributed by atoms with Gasteiger partial charge in [-0.2, -0.15) is 0 Å². The highest BCUT2D eigenvalue weighted by molar-refractivity contribution is 6.10. The number of nitrogens with zero attached hydrogens (tertiary/aromatic N) is 3. The molecule has 1 saturated heterocycles. The van der Waals surface area contributed by atoms with Crippen molar-refractivity contribution in [3.63, 3.8) is 0 Å². The second kappa shape index (κ2) is 17.9. The second-order valence-electron chi connectivity index (χ2n) is 12.2. The Morgan fingerprint density at radius 2 is 1.51 bits per heavy atom. The van der Waals surface area contributed by atoms with E-state index in [2.05, 4.69) is 37.8 Å². The Hall–Kier alpha value is -3.45. The smallest absolute Gasteiger partial charge is 0.328 e. The van der Waals surface area contributed by atoms with Gasteiger partial charge in [-0.15, -0.1) is 0 Å². The van der Waals surface area contributed by atoms with E-state index >= 15 is 0 Å². The molecule has 1 fully saturated rings. The third-order valence-electron chi connectivity index (χ3n) is 8.91. The molecular weight excluding hydrogens is 562 g/mol. The summed E-state index contributed by atoms with van der Waals surface area (Å²) in [6.07, 6.45) is 13.1. The van der Waals surface area contributed by atoms with Gasteiger partial charge in [-0.1, -0.05) is 71.7 Å². The van der Waals surface area contributed by atoms with Crippen LogP contribution in [0.15, 0.2) is 48.7 Å². The molecule has 3 heterocycles. The SMILES string of the molecule is C.CCCCc1cc2cc(C(=O)N3CCC[C@@H]3C(=O)OC)ccn2c1C(=O)c1ccc(CCCN(CCCC)CCCC)cc1. The van der Waals surface area contributed by atoms with Crippen molar-refractivity contribution in [1.29, 1.82) is 0 Å². The summed E-state index contributed by atoms with van der Waals surface area (Å²) < 4.78 is 6.85. The summed E-state index contributed by atoms with van der Waals surface area (Å²) >= 11 is 0. The number of aryl methyl sites for hydroxylation is 2. The lowest BCUT2D eigenvalue weighted by atomic mass is 10.00. The van der Waals surface area contributed by atoms with Gasteiger partial charge < -0.3 is 18.9 Å². The zero-order valence-corrected chi connectivity index (χ0v) is 27.3. The number of amides is 1. The van der Waals surface area contributed by atoms with Gasteiger partial charge in [0.05, 0.1) is 12.8 Å². The lowest BCUT2D eigenvalue weighted by molar-refractivity contribution is -0.145. The fourth-order valence-corrected chi connectivity index (χ4v) is 6.30. The van der Waals surface area contributed by atoms with Crippen LogP contribution in [0.1, 0.15) is 124 Å². The number of esters is 1. The molecule has 1 aromatic carbocycles. The number of unbranched alkanes of at least 4 members (excludes halogenated alkanes) is 3. The van der Waals surface area contributed by atoms with Gasteiger partial charge in [-0.05, 0) is 100 Å². The summed E-state index contributed by atoms with van der Waals surface area (Å²) in [6, 6.07) is 13.2. The standard InChI is InChI=1S/C37H51N3O4.CH4/c1-5-8-14-30-26-32-27-31(36(42)40-24-12-15-33(40)37(43)44-4)20-25-39(32)34(30)35(41)29-18-16-28(17-19-29)13-11-23-38(21-9-6-2)22-10-7-3;/h16-20,25-27,33H,5-15,21-24H2,1-4H3;1H4/t33-;/m1./s1. The highest BCUT2D eigenvalue weighted by Gasteiger charge is 2.35. The maximum absolute atomic E-state index is 13.9. The van der Waals surface area contributed by atoms with Crippen LogP contribution in [0.5, 0.6) is 0 Å². The van der Waals surface area contributed by atoms with E-state index in [4.69, 9.17) is 4.74 Å². The number of hydrogen-bond donors (Lipinski definition) is 0. The van der Waals surface area contributed by atoms with Gasteiger partial charge in [0.15, 0.2) is 0 Å². The molecule has 246 valence electrons. The molecule has 1 aliphatic rings. The zero-order valence-electron chi connectivity index (χ0n) is 27.3. The van der Waals surface area contributed by atoms with Crippen molar-refractivity contribution in [2.75, 3.05) is 33.3 Å². The quantitative estimate of drug-likeness (QED) is 0.114. The average molecular weight is 618 g/mol. The third kappa shape index (κ3) is 9.06. The lowest BCUT2D eigenvalue weighted by Crippen LogP contribution is -2.41. The molecular formula is C38H55N3O4. The van der Waals surface area contributed by atoms with E-state index in [1.54, 1.807) is 11.0 Å². The second-order valence-corrected chi connectivity index (χ2v) is 12.2. The number of ether oxygens (including phenoxy) is 1. The third-order valence-corrected chi connectivity index (χ3v) is 8.91. The van der Waals surface area contributed by atoms with Crippen LogP contribution in [0, 0.1) is 0 Å². The first-order valence-electron chi connectivity index (χ1n) is 16.8. The zero-order chi connectivity index (χ0) is 31.5. The van der Waals surface area contributed by atoms with Gasteiger partial charge in [0.2, 0.25) is 5.78 Å². The van der Waals surface area contributed by atoms with Gasteiger partial charge in [0, 0.05) is 29.4 Å². The molecule has 1 amide bonds. The van der Waals surface area contributed by atoms with Crippen molar-refractivity contribution >= 4 is 23.2 Å². The van der Waals surface area contributed by atoms with Crippen LogP contribution < -0.4 is 0 Å². The lowest BCUT2D eigenvalue weighted by Gasteiger charge is -2.22. The molecule has 0 saturated carbocycles. The summed E-state index contributed by atoms with van der Waals surface area (Å²) in [5.74, 6) is -0.558. The predicted octanol–water partition coefficient (Wildman–Crippen LogP) is 7.76. The number of pyridine rings is 1. The van der Waals surface area contributed by atoms with Crippen molar-refractivity contribution in [2.45, 2.75) is 105 Å². The van der Waals surface area contributed by atoms with Gasteiger partial charge >= 0.3 is 5.97 Å². The number of ketones is 1. The molecule has 0 bridgehead atoms. The monoisotopic (exact) mass is 617 g/mol. The van der Waals surface area contributed by atoms with Gasteiger partial charge in [0.25, 0.3) is 5.91 Å². The molecule has 7 nitrogen and oxygen atoms in total. The Morgan fingerprint density at radius 3 is 2.16 bits per heavy atom. The van der Waals surface area contributed by atoms with Crippen LogP contribution in [0.4, 0.5) is 0 Å². The number of rotatable bonds is 17. The van der Waals surface area contributed by atoms with Gasteiger partial charge in [-0.25, -0.2) is 4.79 Å². The maximum atomic E-state index is 13.9. The van der Waals surface area contributed by atoms with Crippen LogP contribution in [0.2, 0.25) is 0 Å². The number of carbonyl (C=O) groups excluding carboxylic acids is 3. The summed E-state index contributed by atoms with van der Waals surface area (Å²) in [6.45, 7) is 10.6. The molecule has 45 heavy (non-hydrogen) atoms. The summed E-state index contributed by atoms with van der Waals surface area (Å²) in [5, 5.41) is 0. The molecule has 0 aliphatic carbocycles. The van der Waals surface area contributed by atoms with E-state index in [1.807, 2.05) is 34.9 Å². The minimum Gasteiger partial charge on any atom is -0.467 e. The summed E-state index contributed by atoms with van der Waals surface area (Å²) in [7, 11) is 1.36. The number of likely N-dealkylation sites (tertiary alicyclic amines) is 1. The Labute approximate surface area is 270 Å². The Morgan fingerprint density at radius 1 is 0.844 bits per heavy atom. The number of aromatic nitrogens is 1. The van der Waals surface area contributed by atoms with E-state index in [0.717, 1.165) is 56.1 Å². The van der Waals surface area contributed by atoms with Crippen molar-refractivity contribution < 1.29 is 19.1 Å². The van der Waals surface area contributed by atoms with E-state index in [1.165, 1.54) is 51.4 Å². The molecule has 4 rings (SSSR count). The molecule has 2 aromatic heterocycles. The van der Waals surface area contributed by atoms with Crippen LogP contribution >= 0.6 is 0 Å². The molecule has 0 N–H and O–H groups in total. The number of methoxy groups -OCH3 is 1. The van der Waals surface area contributed by atoms with E-state index < -0.39 is 6.04 Å². The fraction of sp³-hybridized carbons (Fsp3) is 0.553. The average Bonchev–Trinajstić information content (AvgIpc) is 3.69. The molecule has 0 unspecified atom stereocenters. The first-order valence-corrected chi connectivity index (χ1v) is 16.8. The Bertz CT molecular complexity index is 1390. The van der Waals surface area contributed by atoms with Gasteiger partial charge in [-0.3, -0.25) is 9.59 Å². The summed E-state index contributed by atoms with van der Waals surface area (Å²) in [4.78, 5) is 43.8. The number of carbonyl (C=O) groups is 3. The van der Waals surface area contributed by atoms with Gasteiger partial charge in [0.1, 0.15) is 6.04 Å². The van der Waals surface area contributed by atoms with Crippen molar-refractivity contribution in [3.05, 3.63) is 76.6 Å². The van der Waals surface area contributed by atoms with Crippen LogP contribution in [-0.2, 0) is 22.4 Å². The molecule has 0 spiro atoms. The number of hydrogen-bond acceptors (Lipinski definition) is 5. The molecule has 1 aliphatic heterocycles. The van der Waals surface area contributed by atoms with Crippen molar-refractivity contribution in [3.8, 4) is 0 Å². The van der Waals surface area contributed by atoms with Crippen LogP contribution in [-0.4, -0.2) is 71.2 Å². The number of fused-ring (bicyclic) bond motifs is 1. The normalized spacial score (nSPS) is 14.6. The van der Waals surface area contributed by atoms with Crippen LogP contribution in [0.3, 0.4) is 0 Å². The highest BCUT2D eigenvalue weighted by atomic mass is 16.5. The molecule has 3 aromatic rings. The fourth-order valence-electron chi connectivity index (χ4n) is 6.30. The Balaban J connectivity index is 0.00000552. The largest absolute Gasteiger partial charge is 0.467 e. The molecule has 0 radical (unpaired) electrons. The minimum atomic E-state index is -0.545. The minimum absolute atomic E-state index is 0. The maximum Gasteiger partial charge on any atom is 0.328 e.